The zero-order chi connectivity index (χ0) is 33.6. The first-order valence-corrected chi connectivity index (χ1v) is 15.2. The monoisotopic (exact) mass is 620 g/mol. The average molecular weight is 621 g/mol. The summed E-state index contributed by atoms with van der Waals surface area (Å²) >= 11 is 0. The molecule has 0 heterocycles. The first kappa shape index (κ1) is 35.2. The zero-order valence-corrected chi connectivity index (χ0v) is 27.5. The third-order valence-electron chi connectivity index (χ3n) is 7.44. The van der Waals surface area contributed by atoms with Crippen molar-refractivity contribution >= 4 is 36.0 Å². The van der Waals surface area contributed by atoms with Crippen LogP contribution in [0, 0.1) is 27.7 Å². The SMILES string of the molecule is Cc1cc(C)cc(NC(=O)[C@H](Cc2ccccc2)N(C)C=O)c1.Cc1cc(C)cc(NC(=O)[C@H](Cc2ccccc2)N(C)C=O)c1. The van der Waals surface area contributed by atoms with E-state index in [1.165, 1.54) is 9.80 Å². The fourth-order valence-electron chi connectivity index (χ4n) is 5.21. The van der Waals surface area contributed by atoms with Crippen molar-refractivity contribution in [2.24, 2.45) is 0 Å². The Bertz CT molecular complexity index is 1450. The molecule has 0 aliphatic rings. The predicted molar refractivity (Wildman–Crippen MR) is 185 cm³/mol. The van der Waals surface area contributed by atoms with Gasteiger partial charge in [0, 0.05) is 38.3 Å². The number of hydrogen-bond donors (Lipinski definition) is 2. The molecule has 2 atom stereocenters. The van der Waals surface area contributed by atoms with Gasteiger partial charge in [0.15, 0.2) is 0 Å². The van der Waals surface area contributed by atoms with E-state index < -0.39 is 12.1 Å². The van der Waals surface area contributed by atoms with Crippen molar-refractivity contribution in [2.75, 3.05) is 24.7 Å². The van der Waals surface area contributed by atoms with E-state index in [2.05, 4.69) is 22.8 Å². The second-order valence-corrected chi connectivity index (χ2v) is 11.7. The number of likely N-dealkylation sites (N-methyl/N-ethyl adjacent to an activating group) is 2. The summed E-state index contributed by atoms with van der Waals surface area (Å²) in [4.78, 5) is 50.4. The summed E-state index contributed by atoms with van der Waals surface area (Å²) in [6, 6.07) is 30.1. The topological polar surface area (TPSA) is 98.8 Å². The van der Waals surface area contributed by atoms with Gasteiger partial charge in [0.2, 0.25) is 24.6 Å². The summed E-state index contributed by atoms with van der Waals surface area (Å²) in [5.74, 6) is -0.373. The molecular weight excluding hydrogens is 576 g/mol. The predicted octanol–water partition coefficient (Wildman–Crippen LogP) is 5.88. The van der Waals surface area contributed by atoms with Gasteiger partial charge in [-0.1, -0.05) is 72.8 Å². The molecule has 4 rings (SSSR count). The van der Waals surface area contributed by atoms with Crippen molar-refractivity contribution in [3.63, 3.8) is 0 Å². The molecule has 8 nitrogen and oxygen atoms in total. The molecule has 0 unspecified atom stereocenters. The van der Waals surface area contributed by atoms with Crippen LogP contribution < -0.4 is 10.6 Å². The lowest BCUT2D eigenvalue weighted by atomic mass is 10.0. The van der Waals surface area contributed by atoms with E-state index >= 15 is 0 Å². The van der Waals surface area contributed by atoms with E-state index in [0.29, 0.717) is 25.7 Å². The van der Waals surface area contributed by atoms with E-state index in [1.807, 2.05) is 113 Å². The largest absolute Gasteiger partial charge is 0.336 e. The van der Waals surface area contributed by atoms with Crippen molar-refractivity contribution in [3.8, 4) is 0 Å². The maximum absolute atomic E-state index is 12.6. The molecule has 0 aromatic heterocycles. The molecule has 4 amide bonds. The van der Waals surface area contributed by atoms with Crippen LogP contribution in [0.4, 0.5) is 11.4 Å². The molecule has 0 bridgehead atoms. The summed E-state index contributed by atoms with van der Waals surface area (Å²) < 4.78 is 0. The number of nitrogens with one attached hydrogen (secondary N) is 2. The molecular formula is C38H44N4O4. The third-order valence-corrected chi connectivity index (χ3v) is 7.44. The number of hydrogen-bond acceptors (Lipinski definition) is 4. The van der Waals surface area contributed by atoms with Gasteiger partial charge in [0.1, 0.15) is 12.1 Å². The number of amides is 4. The zero-order valence-electron chi connectivity index (χ0n) is 27.5. The molecule has 0 saturated heterocycles. The molecule has 0 aliphatic carbocycles. The van der Waals surface area contributed by atoms with Crippen molar-refractivity contribution in [1.82, 2.24) is 9.80 Å². The number of benzene rings is 4. The summed E-state index contributed by atoms with van der Waals surface area (Å²) in [5, 5.41) is 5.84. The third kappa shape index (κ3) is 11.0. The van der Waals surface area contributed by atoms with Gasteiger partial charge in [0.25, 0.3) is 0 Å². The van der Waals surface area contributed by atoms with E-state index in [-0.39, 0.29) is 11.8 Å². The minimum Gasteiger partial charge on any atom is -0.336 e. The number of nitrogens with zero attached hydrogens (tertiary/aromatic N) is 2. The van der Waals surface area contributed by atoms with Crippen LogP contribution in [0.2, 0.25) is 0 Å². The second-order valence-electron chi connectivity index (χ2n) is 11.7. The highest BCUT2D eigenvalue weighted by atomic mass is 16.2. The number of anilines is 2. The van der Waals surface area contributed by atoms with E-state index in [9.17, 15) is 19.2 Å². The molecule has 0 aliphatic heterocycles. The molecule has 0 saturated carbocycles. The molecule has 240 valence electrons. The lowest BCUT2D eigenvalue weighted by Crippen LogP contribution is -2.42. The van der Waals surface area contributed by atoms with Crippen molar-refractivity contribution in [3.05, 3.63) is 130 Å². The van der Waals surface area contributed by atoms with Gasteiger partial charge in [-0.15, -0.1) is 0 Å². The van der Waals surface area contributed by atoms with Crippen LogP contribution >= 0.6 is 0 Å². The Morgan fingerprint density at radius 2 is 0.870 bits per heavy atom. The first-order chi connectivity index (χ1) is 22.0. The Kier molecular flexibility index (Phi) is 13.3. The number of aryl methyl sites for hydroxylation is 4. The van der Waals surface area contributed by atoms with Crippen LogP contribution in [0.1, 0.15) is 33.4 Å². The Hall–Kier alpha value is -5.24. The quantitative estimate of drug-likeness (QED) is 0.193. The smallest absolute Gasteiger partial charge is 0.247 e. The Morgan fingerprint density at radius 3 is 1.15 bits per heavy atom. The van der Waals surface area contributed by atoms with Crippen LogP contribution in [0.25, 0.3) is 0 Å². The van der Waals surface area contributed by atoms with Crippen LogP contribution in [0.3, 0.4) is 0 Å². The van der Waals surface area contributed by atoms with Gasteiger partial charge >= 0.3 is 0 Å². The maximum atomic E-state index is 12.6. The van der Waals surface area contributed by atoms with Crippen molar-refractivity contribution in [1.29, 1.82) is 0 Å². The standard InChI is InChI=1S/2C19H22N2O2/c2*1-14-9-15(2)11-17(10-14)20-19(23)18(21(3)13-22)12-16-7-5-4-6-8-16/h2*4-11,13,18H,12H2,1-3H3,(H,20,23)/t2*18-/m00/s1. The molecule has 0 radical (unpaired) electrons. The van der Waals surface area contributed by atoms with Crippen LogP contribution in [-0.4, -0.2) is 60.6 Å². The second kappa shape index (κ2) is 17.3. The van der Waals surface area contributed by atoms with Crippen LogP contribution in [0.15, 0.2) is 97.1 Å². The Labute approximate surface area is 272 Å². The molecule has 4 aromatic rings. The van der Waals surface area contributed by atoms with E-state index in [1.54, 1.807) is 14.1 Å². The number of rotatable bonds is 12. The first-order valence-electron chi connectivity index (χ1n) is 15.2. The Morgan fingerprint density at radius 1 is 0.565 bits per heavy atom. The van der Waals surface area contributed by atoms with Crippen molar-refractivity contribution < 1.29 is 19.2 Å². The molecule has 0 spiro atoms. The lowest BCUT2D eigenvalue weighted by Gasteiger charge is -2.24. The normalized spacial score (nSPS) is 11.6. The highest BCUT2D eigenvalue weighted by Crippen LogP contribution is 2.17. The maximum Gasteiger partial charge on any atom is 0.247 e. The van der Waals surface area contributed by atoms with E-state index in [0.717, 1.165) is 44.8 Å². The molecule has 8 heteroatoms. The number of carbonyl (C=O) groups is 4. The van der Waals surface area contributed by atoms with Gasteiger partial charge in [-0.05, 0) is 85.3 Å². The van der Waals surface area contributed by atoms with Gasteiger partial charge < -0.3 is 20.4 Å². The summed E-state index contributed by atoms with van der Waals surface area (Å²) in [5.41, 5.74) is 7.89. The van der Waals surface area contributed by atoms with Crippen molar-refractivity contribution in [2.45, 2.75) is 52.6 Å². The van der Waals surface area contributed by atoms with Gasteiger partial charge in [0.05, 0.1) is 0 Å². The summed E-state index contributed by atoms with van der Waals surface area (Å²) in [6.45, 7) is 7.95. The fraction of sp³-hybridized carbons (Fsp3) is 0.263. The summed E-state index contributed by atoms with van der Waals surface area (Å²) in [6.07, 6.45) is 2.34. The molecule has 2 N–H and O–H groups in total. The van der Waals surface area contributed by atoms with Gasteiger partial charge in [-0.25, -0.2) is 0 Å². The van der Waals surface area contributed by atoms with E-state index in [4.69, 9.17) is 0 Å². The van der Waals surface area contributed by atoms with Gasteiger partial charge in [-0.2, -0.15) is 0 Å². The summed E-state index contributed by atoms with van der Waals surface area (Å²) in [7, 11) is 3.25. The van der Waals surface area contributed by atoms with Gasteiger partial charge in [-0.3, -0.25) is 19.2 Å². The molecule has 0 fully saturated rings. The minimum absolute atomic E-state index is 0.187. The highest BCUT2D eigenvalue weighted by molar-refractivity contribution is 5.96. The highest BCUT2D eigenvalue weighted by Gasteiger charge is 2.24. The van der Waals surface area contributed by atoms with Crippen LogP contribution in [-0.2, 0) is 32.0 Å². The minimum atomic E-state index is -0.546. The molecule has 4 aromatic carbocycles. The van der Waals surface area contributed by atoms with Crippen LogP contribution in [0.5, 0.6) is 0 Å². The average Bonchev–Trinajstić information content (AvgIpc) is 3.02. The lowest BCUT2D eigenvalue weighted by molar-refractivity contribution is -0.128. The number of carbonyl (C=O) groups excluding carboxylic acids is 4. The Balaban J connectivity index is 0.000000250. The molecule has 46 heavy (non-hydrogen) atoms. The fourth-order valence-corrected chi connectivity index (χ4v) is 5.21.